The molecule has 1 fully saturated rings. The molecule has 6 heteroatoms. The average molecular weight is 1600 g/mol. The summed E-state index contributed by atoms with van der Waals surface area (Å²) < 4.78 is 49.7. The molecule has 4 nitrogen and oxygen atoms in total. The van der Waals surface area contributed by atoms with Gasteiger partial charge in [-0.05, 0) is 303 Å². The number of fused-ring (bicyclic) bond motifs is 8. The minimum Gasteiger partial charge on any atom is -0.490 e. The zero-order chi connectivity index (χ0) is 81.8. The number of anilines is 1. The Balaban J connectivity index is 0.641. The van der Waals surface area contributed by atoms with E-state index in [1.165, 1.54) is 94.9 Å². The van der Waals surface area contributed by atoms with Crippen molar-refractivity contribution in [2.24, 2.45) is 41.4 Å². The second-order valence-corrected chi connectivity index (χ2v) is 36.2. The van der Waals surface area contributed by atoms with E-state index in [9.17, 15) is 8.78 Å². The molecule has 1 saturated carbocycles. The smallest absolute Gasteiger partial charge is 0.123 e. The molecule has 7 aromatic rings. The number of alkyl halides is 1. The van der Waals surface area contributed by atoms with Crippen LogP contribution in [0.15, 0.2) is 415 Å². The SMILES string of the molecule is C=CC1=CCC(Oc2ccc(C3(c4ccccc4)c4ccccc4-c4ccc(N(C5=CC6=C(CC5)OC5C=CC(C(CC7C=CC8C9C=CC=CC9C(C9=CC=CCC9)(c9ccc(OC%10C=CC(C=C)=CC%10)cc9)C8C7)c7ccc(-c8cccc(C9=CC=C(F)CC9)c8)cc7)CC65)C5CC=C(C6=CC(C7=CCC(F)C=C7)=CCC6)CC5)cc43)cc2)C=C1. The summed E-state index contributed by atoms with van der Waals surface area (Å²) in [5.74, 6) is 5.17. The van der Waals surface area contributed by atoms with Crippen molar-refractivity contribution < 1.29 is 23.0 Å². The number of halogens is 2. The van der Waals surface area contributed by atoms with Gasteiger partial charge in [0, 0.05) is 60.9 Å². The van der Waals surface area contributed by atoms with E-state index in [-0.39, 0.29) is 53.3 Å². The maximum absolute atomic E-state index is 14.5. The second kappa shape index (κ2) is 33.2. The molecule has 0 spiro atoms. The molecule has 7 aromatic carbocycles. The van der Waals surface area contributed by atoms with Crippen LogP contribution in [0.1, 0.15) is 154 Å². The van der Waals surface area contributed by atoms with Gasteiger partial charge in [-0.25, -0.2) is 8.78 Å². The fourth-order valence-electron chi connectivity index (χ4n) is 23.9. The molecule has 14 aliphatic rings. The molecule has 122 heavy (non-hydrogen) atoms. The lowest BCUT2D eigenvalue weighted by atomic mass is 9.57. The van der Waals surface area contributed by atoms with Crippen molar-refractivity contribution in [2.75, 3.05) is 4.90 Å². The average Bonchev–Trinajstić information content (AvgIpc) is 1.54. The van der Waals surface area contributed by atoms with Crippen LogP contribution in [0.4, 0.5) is 14.5 Å². The summed E-state index contributed by atoms with van der Waals surface area (Å²) in [5, 5.41) is 0. The Bertz CT molecular complexity index is 5940. The minimum atomic E-state index is -0.921. The third-order valence-corrected chi connectivity index (χ3v) is 29.7. The quantitative estimate of drug-likeness (QED) is 0.0671. The Kier molecular flexibility index (Phi) is 21.1. The van der Waals surface area contributed by atoms with Crippen LogP contribution < -0.4 is 14.4 Å². The Hall–Kier alpha value is -11.9. The molecule has 0 bridgehead atoms. The first-order valence-corrected chi connectivity index (χ1v) is 45.3. The van der Waals surface area contributed by atoms with Crippen LogP contribution in [0.5, 0.6) is 11.5 Å². The second-order valence-electron chi connectivity index (χ2n) is 36.2. The van der Waals surface area contributed by atoms with Crippen molar-refractivity contribution >= 4 is 11.3 Å². The van der Waals surface area contributed by atoms with Gasteiger partial charge in [0.2, 0.25) is 0 Å². The monoisotopic (exact) mass is 1600 g/mol. The summed E-state index contributed by atoms with van der Waals surface area (Å²) in [5.41, 5.74) is 27.1. The van der Waals surface area contributed by atoms with Crippen molar-refractivity contribution in [3.63, 3.8) is 0 Å². The predicted octanol–water partition coefficient (Wildman–Crippen LogP) is 28.6. The van der Waals surface area contributed by atoms with Crippen LogP contribution in [-0.4, -0.2) is 30.5 Å². The first-order chi connectivity index (χ1) is 60.1. The number of benzene rings is 7. The zero-order valence-electron chi connectivity index (χ0n) is 69.7. The highest BCUT2D eigenvalue weighted by atomic mass is 19.1. The molecule has 21 rings (SSSR count). The maximum atomic E-state index is 14.5. The third kappa shape index (κ3) is 14.3. The van der Waals surface area contributed by atoms with Crippen molar-refractivity contribution in [3.8, 4) is 33.8 Å². The molecule has 608 valence electrons. The van der Waals surface area contributed by atoms with Gasteiger partial charge in [-0.2, -0.15) is 0 Å². The molecule has 0 saturated heterocycles. The Morgan fingerprint density at radius 3 is 2.02 bits per heavy atom. The fraction of sp³-hybridized carbons (Fsp3) is 0.276. The van der Waals surface area contributed by atoms with Crippen LogP contribution in [0, 0.1) is 41.4 Å². The van der Waals surface area contributed by atoms with Crippen LogP contribution in [0.25, 0.3) is 27.8 Å². The van der Waals surface area contributed by atoms with E-state index in [0.717, 1.165) is 129 Å². The van der Waals surface area contributed by atoms with Crippen LogP contribution in [0.3, 0.4) is 0 Å². The van der Waals surface area contributed by atoms with E-state index in [2.05, 4.69) is 322 Å². The van der Waals surface area contributed by atoms with Crippen molar-refractivity contribution in [2.45, 2.75) is 156 Å². The number of rotatable bonds is 21. The number of ether oxygens (including phenoxy) is 3. The lowest BCUT2D eigenvalue weighted by molar-refractivity contribution is 0.128. The lowest BCUT2D eigenvalue weighted by Gasteiger charge is -2.46. The highest BCUT2D eigenvalue weighted by Crippen LogP contribution is 2.66. The van der Waals surface area contributed by atoms with E-state index in [1.807, 2.05) is 24.3 Å². The molecule has 15 atom stereocenters. The van der Waals surface area contributed by atoms with Crippen LogP contribution in [0.2, 0.25) is 0 Å². The maximum Gasteiger partial charge on any atom is 0.123 e. The molecule has 0 amide bonds. The van der Waals surface area contributed by atoms with Gasteiger partial charge in [0.05, 0.1) is 5.41 Å². The van der Waals surface area contributed by atoms with Crippen LogP contribution in [-0.2, 0) is 15.6 Å². The minimum absolute atomic E-state index is 0.0242. The number of nitrogens with zero attached hydrogens (tertiary/aromatic N) is 1. The number of hydrogen-bond acceptors (Lipinski definition) is 4. The molecule has 1 aliphatic heterocycles. The summed E-state index contributed by atoms with van der Waals surface area (Å²) in [6.07, 6.45) is 77.4. The largest absolute Gasteiger partial charge is 0.490 e. The highest BCUT2D eigenvalue weighted by molar-refractivity contribution is 5.88. The highest BCUT2D eigenvalue weighted by Gasteiger charge is 2.61. The summed E-state index contributed by atoms with van der Waals surface area (Å²) in [6, 6.07) is 65.0. The number of hydrogen-bond donors (Lipinski definition) is 0. The Morgan fingerprint density at radius 2 is 1.29 bits per heavy atom. The van der Waals surface area contributed by atoms with Crippen LogP contribution >= 0.6 is 0 Å². The van der Waals surface area contributed by atoms with Gasteiger partial charge in [0.1, 0.15) is 47.6 Å². The van der Waals surface area contributed by atoms with E-state index in [4.69, 9.17) is 14.2 Å². The molecule has 0 N–H and O–H groups in total. The van der Waals surface area contributed by atoms with Crippen molar-refractivity contribution in [3.05, 3.63) is 454 Å². The normalized spacial score (nSPS) is 28.9. The topological polar surface area (TPSA) is 30.9 Å². The van der Waals surface area contributed by atoms with Crippen molar-refractivity contribution in [1.29, 1.82) is 0 Å². The number of allylic oxidation sites excluding steroid dienone is 33. The van der Waals surface area contributed by atoms with E-state index >= 15 is 0 Å². The summed E-state index contributed by atoms with van der Waals surface area (Å²) in [6.45, 7) is 8.02. The van der Waals surface area contributed by atoms with Crippen molar-refractivity contribution in [1.82, 2.24) is 0 Å². The Labute approximate surface area is 720 Å². The molecular formula is C116H107F2NO3. The van der Waals surface area contributed by atoms with E-state index in [0.29, 0.717) is 48.9 Å². The summed E-state index contributed by atoms with van der Waals surface area (Å²) in [4.78, 5) is 2.80. The standard InChI is InChI=1S/C116H107F2NO3/c1-3-76-29-57-98(58-30-76)120-100-61-45-91(46-62-100)115(89-21-7-5-8-22-89)109-27-13-11-25-102(109)104-65-33-78(70-111(104)115)69-106(83-36-34-79(35-37-83)84-17-15-18-85(71-84)80-38-49-93(117)50-39-80)88-44-67-113-107(73-88)108-74-96(56-68-114(108)122-113)119(95-53-42-82(43-54-95)87-20-16-19-86(72-87)81-40-51-94(118)52-41-81)97-55-66-105-103-26-12-14-28-110(103)116(112(105)75-97,90-23-9-6-10-24-90)92-47-63-101(64-48-92)121-99-59-31-77(4-2)32-60-99/h3-7,9-15,17-19,21,23-38,40-42,44-49,51,55,57,59,61-67,71-72,74-75,78,88,94-95,98-99,102,104,106-107,109,111,113H,1-2,8,16,20,22,39,43,50,52-54,56,58,60,68-70,73H2. The van der Waals surface area contributed by atoms with Gasteiger partial charge in [-0.1, -0.05) is 280 Å². The zero-order valence-corrected chi connectivity index (χ0v) is 69.7. The molecular weight excluding hydrogens is 1490 g/mol. The first-order valence-electron chi connectivity index (χ1n) is 45.3. The predicted molar refractivity (Wildman–Crippen MR) is 497 cm³/mol. The molecule has 15 unspecified atom stereocenters. The molecule has 0 radical (unpaired) electrons. The van der Waals surface area contributed by atoms with E-state index in [1.54, 1.807) is 17.7 Å². The summed E-state index contributed by atoms with van der Waals surface area (Å²) >= 11 is 0. The van der Waals surface area contributed by atoms with Gasteiger partial charge in [0.15, 0.2) is 0 Å². The lowest BCUT2D eigenvalue weighted by Crippen LogP contribution is -2.42. The first kappa shape index (κ1) is 77.5. The third-order valence-electron chi connectivity index (χ3n) is 29.7. The molecule has 0 aromatic heterocycles. The Morgan fingerprint density at radius 1 is 0.525 bits per heavy atom. The van der Waals surface area contributed by atoms with Gasteiger partial charge < -0.3 is 19.1 Å². The fourth-order valence-corrected chi connectivity index (χ4v) is 23.9. The van der Waals surface area contributed by atoms with Gasteiger partial charge in [-0.3, -0.25) is 0 Å². The van der Waals surface area contributed by atoms with Gasteiger partial charge in [-0.15, -0.1) is 0 Å². The van der Waals surface area contributed by atoms with Gasteiger partial charge >= 0.3 is 0 Å². The molecule has 13 aliphatic carbocycles. The summed E-state index contributed by atoms with van der Waals surface area (Å²) in [7, 11) is 0. The van der Waals surface area contributed by atoms with Gasteiger partial charge in [0.25, 0.3) is 0 Å². The van der Waals surface area contributed by atoms with E-state index < -0.39 is 11.6 Å². The molecule has 1 heterocycles.